The molecule has 1 heterocycles. The Labute approximate surface area is 135 Å². The second-order valence-corrected chi connectivity index (χ2v) is 4.81. The van der Waals surface area contributed by atoms with Crippen LogP contribution in [0.2, 0.25) is 0 Å². The Morgan fingerprint density at radius 3 is 2.78 bits per heavy atom. The summed E-state index contributed by atoms with van der Waals surface area (Å²) < 4.78 is 15.4. The van der Waals surface area contributed by atoms with Crippen LogP contribution in [0.15, 0.2) is 28.8 Å². The minimum atomic E-state index is -0.0668. The van der Waals surface area contributed by atoms with Crippen LogP contribution in [0.5, 0.6) is 5.75 Å². The van der Waals surface area contributed by atoms with Gasteiger partial charge in [0.1, 0.15) is 5.75 Å². The predicted molar refractivity (Wildman–Crippen MR) is 84.1 cm³/mol. The lowest BCUT2D eigenvalue weighted by Gasteiger charge is -2.02. The van der Waals surface area contributed by atoms with E-state index in [4.69, 9.17) is 14.0 Å². The summed E-state index contributed by atoms with van der Waals surface area (Å²) in [5.74, 6) is 1.68. The molecule has 0 aliphatic carbocycles. The Hall–Kier alpha value is -2.41. The van der Waals surface area contributed by atoms with Gasteiger partial charge in [0.2, 0.25) is 17.6 Å². The SMILES string of the molecule is CCOc1ccc(-c2noc(CCC(=O)NCCOC)n2)cc1. The first-order valence-corrected chi connectivity index (χ1v) is 7.54. The molecular formula is C16H21N3O4. The molecule has 23 heavy (non-hydrogen) atoms. The standard InChI is InChI=1S/C16H21N3O4/c1-3-22-13-6-4-12(5-7-13)16-18-15(23-19-16)9-8-14(20)17-10-11-21-2/h4-7H,3,8-11H2,1-2H3,(H,17,20). The number of benzene rings is 1. The largest absolute Gasteiger partial charge is 0.494 e. The molecule has 0 aliphatic heterocycles. The third-order valence-electron chi connectivity index (χ3n) is 3.09. The van der Waals surface area contributed by atoms with Crippen LogP contribution in [0.4, 0.5) is 0 Å². The van der Waals surface area contributed by atoms with E-state index in [0.717, 1.165) is 11.3 Å². The molecule has 0 unspecified atom stereocenters. The molecule has 0 radical (unpaired) electrons. The van der Waals surface area contributed by atoms with Gasteiger partial charge in [-0.3, -0.25) is 4.79 Å². The van der Waals surface area contributed by atoms with Gasteiger partial charge in [-0.05, 0) is 31.2 Å². The molecule has 0 fully saturated rings. The van der Waals surface area contributed by atoms with Crippen LogP contribution in [0.1, 0.15) is 19.2 Å². The molecule has 1 N–H and O–H groups in total. The van der Waals surface area contributed by atoms with Crippen molar-refractivity contribution in [3.63, 3.8) is 0 Å². The molecular weight excluding hydrogens is 298 g/mol. The van der Waals surface area contributed by atoms with Crippen LogP contribution in [0.25, 0.3) is 11.4 Å². The lowest BCUT2D eigenvalue weighted by atomic mass is 10.2. The molecule has 7 heteroatoms. The van der Waals surface area contributed by atoms with Gasteiger partial charge in [0, 0.05) is 32.1 Å². The van der Waals surface area contributed by atoms with Gasteiger partial charge in [0.25, 0.3) is 0 Å². The van der Waals surface area contributed by atoms with E-state index in [1.165, 1.54) is 0 Å². The van der Waals surface area contributed by atoms with E-state index in [2.05, 4.69) is 15.5 Å². The molecule has 0 spiro atoms. The molecule has 7 nitrogen and oxygen atoms in total. The Kier molecular flexibility index (Phi) is 6.56. The minimum absolute atomic E-state index is 0.0668. The number of carbonyl (C=O) groups excluding carboxylic acids is 1. The Morgan fingerprint density at radius 2 is 2.09 bits per heavy atom. The van der Waals surface area contributed by atoms with Crippen molar-refractivity contribution in [1.29, 1.82) is 0 Å². The monoisotopic (exact) mass is 319 g/mol. The van der Waals surface area contributed by atoms with Crippen molar-refractivity contribution in [2.24, 2.45) is 0 Å². The molecule has 1 amide bonds. The summed E-state index contributed by atoms with van der Waals surface area (Å²) in [5.41, 5.74) is 0.841. The molecule has 0 bridgehead atoms. The Bertz CT molecular complexity index is 610. The smallest absolute Gasteiger partial charge is 0.227 e. The quantitative estimate of drug-likeness (QED) is 0.710. The third kappa shape index (κ3) is 5.37. The first-order chi connectivity index (χ1) is 11.2. The summed E-state index contributed by atoms with van der Waals surface area (Å²) in [6.07, 6.45) is 0.706. The van der Waals surface area contributed by atoms with Crippen LogP contribution in [-0.4, -0.2) is 42.9 Å². The highest BCUT2D eigenvalue weighted by atomic mass is 16.5. The molecule has 0 atom stereocenters. The highest BCUT2D eigenvalue weighted by Gasteiger charge is 2.10. The van der Waals surface area contributed by atoms with Gasteiger partial charge in [-0.25, -0.2) is 0 Å². The molecule has 1 aromatic heterocycles. The number of aryl methyl sites for hydroxylation is 1. The zero-order valence-corrected chi connectivity index (χ0v) is 13.4. The molecule has 2 rings (SSSR count). The van der Waals surface area contributed by atoms with Crippen molar-refractivity contribution < 1.29 is 18.8 Å². The van der Waals surface area contributed by atoms with E-state index in [-0.39, 0.29) is 5.91 Å². The van der Waals surface area contributed by atoms with Crippen molar-refractivity contribution >= 4 is 5.91 Å². The summed E-state index contributed by atoms with van der Waals surface area (Å²) in [4.78, 5) is 15.9. The zero-order chi connectivity index (χ0) is 16.5. The number of hydrogen-bond donors (Lipinski definition) is 1. The van der Waals surface area contributed by atoms with Gasteiger partial charge < -0.3 is 19.3 Å². The number of rotatable bonds is 9. The van der Waals surface area contributed by atoms with Crippen LogP contribution < -0.4 is 10.1 Å². The van der Waals surface area contributed by atoms with Crippen molar-refractivity contribution in [3.8, 4) is 17.1 Å². The summed E-state index contributed by atoms with van der Waals surface area (Å²) in [5, 5.41) is 6.68. The molecule has 0 aliphatic rings. The van der Waals surface area contributed by atoms with Crippen molar-refractivity contribution in [2.45, 2.75) is 19.8 Å². The van der Waals surface area contributed by atoms with Crippen molar-refractivity contribution in [1.82, 2.24) is 15.5 Å². The predicted octanol–water partition coefficient (Wildman–Crippen LogP) is 1.83. The van der Waals surface area contributed by atoms with Gasteiger partial charge >= 0.3 is 0 Å². The number of hydrogen-bond acceptors (Lipinski definition) is 6. The number of nitrogens with zero attached hydrogens (tertiary/aromatic N) is 2. The summed E-state index contributed by atoms with van der Waals surface area (Å²) >= 11 is 0. The van der Waals surface area contributed by atoms with Crippen molar-refractivity contribution in [2.75, 3.05) is 26.9 Å². The van der Waals surface area contributed by atoms with Crippen LogP contribution in [-0.2, 0) is 16.0 Å². The number of ether oxygens (including phenoxy) is 2. The highest BCUT2D eigenvalue weighted by Crippen LogP contribution is 2.20. The maximum Gasteiger partial charge on any atom is 0.227 e. The van der Waals surface area contributed by atoms with Gasteiger partial charge in [-0.2, -0.15) is 4.98 Å². The second-order valence-electron chi connectivity index (χ2n) is 4.81. The lowest BCUT2D eigenvalue weighted by Crippen LogP contribution is -2.27. The van der Waals surface area contributed by atoms with Gasteiger partial charge in [-0.15, -0.1) is 0 Å². The van der Waals surface area contributed by atoms with E-state index < -0.39 is 0 Å². The van der Waals surface area contributed by atoms with Crippen LogP contribution in [0, 0.1) is 0 Å². The normalized spacial score (nSPS) is 10.5. The van der Waals surface area contributed by atoms with E-state index in [9.17, 15) is 4.79 Å². The number of methoxy groups -OCH3 is 1. The number of aromatic nitrogens is 2. The average molecular weight is 319 g/mol. The fraction of sp³-hybridized carbons (Fsp3) is 0.438. The topological polar surface area (TPSA) is 86.5 Å². The number of amides is 1. The van der Waals surface area contributed by atoms with Crippen LogP contribution in [0.3, 0.4) is 0 Å². The number of carbonyl (C=O) groups is 1. The Balaban J connectivity index is 1.86. The maximum absolute atomic E-state index is 11.6. The first kappa shape index (κ1) is 17.0. The lowest BCUT2D eigenvalue weighted by molar-refractivity contribution is -0.121. The summed E-state index contributed by atoms with van der Waals surface area (Å²) in [7, 11) is 1.59. The zero-order valence-electron chi connectivity index (χ0n) is 13.4. The van der Waals surface area contributed by atoms with E-state index >= 15 is 0 Å². The van der Waals surface area contributed by atoms with E-state index in [1.54, 1.807) is 7.11 Å². The van der Waals surface area contributed by atoms with Crippen LogP contribution >= 0.6 is 0 Å². The molecule has 2 aromatic rings. The van der Waals surface area contributed by atoms with Gasteiger partial charge in [0.15, 0.2) is 0 Å². The number of nitrogens with one attached hydrogen (secondary N) is 1. The Morgan fingerprint density at radius 1 is 1.30 bits per heavy atom. The second kappa shape index (κ2) is 8.89. The van der Waals surface area contributed by atoms with Crippen molar-refractivity contribution in [3.05, 3.63) is 30.2 Å². The minimum Gasteiger partial charge on any atom is -0.494 e. The molecule has 0 saturated heterocycles. The summed E-state index contributed by atoms with van der Waals surface area (Å²) in [6.45, 7) is 3.55. The highest BCUT2D eigenvalue weighted by molar-refractivity contribution is 5.76. The first-order valence-electron chi connectivity index (χ1n) is 7.54. The van der Waals surface area contributed by atoms with E-state index in [1.807, 2.05) is 31.2 Å². The van der Waals surface area contributed by atoms with E-state index in [0.29, 0.717) is 44.3 Å². The van der Waals surface area contributed by atoms with Gasteiger partial charge in [0.05, 0.1) is 13.2 Å². The molecule has 124 valence electrons. The summed E-state index contributed by atoms with van der Waals surface area (Å²) in [6, 6.07) is 7.46. The third-order valence-corrected chi connectivity index (χ3v) is 3.09. The molecule has 1 aromatic carbocycles. The fourth-order valence-electron chi connectivity index (χ4n) is 1.94. The van der Waals surface area contributed by atoms with Gasteiger partial charge in [-0.1, -0.05) is 5.16 Å². The molecule has 0 saturated carbocycles. The fourth-order valence-corrected chi connectivity index (χ4v) is 1.94. The average Bonchev–Trinajstić information content (AvgIpc) is 3.03. The maximum atomic E-state index is 11.6.